The van der Waals surface area contributed by atoms with Crippen LogP contribution in [0.2, 0.25) is 0 Å². The molecular weight excluding hydrogens is 217 g/mol. The molecule has 0 atom stereocenters. The third kappa shape index (κ3) is 2.05. The highest BCUT2D eigenvalue weighted by Crippen LogP contribution is 2.23. The topological polar surface area (TPSA) is 67.9 Å². The van der Waals surface area contributed by atoms with E-state index in [1.165, 1.54) is 7.11 Å². The van der Waals surface area contributed by atoms with E-state index in [0.717, 1.165) is 4.90 Å². The molecule has 0 aromatic heterocycles. The van der Waals surface area contributed by atoms with Crippen molar-refractivity contribution >= 4 is 35.1 Å². The van der Waals surface area contributed by atoms with Crippen molar-refractivity contribution < 1.29 is 9.53 Å². The lowest BCUT2D eigenvalue weighted by Crippen LogP contribution is -2.39. The van der Waals surface area contributed by atoms with Crippen LogP contribution in [0.4, 0.5) is 4.79 Å². The van der Waals surface area contributed by atoms with Crippen molar-refractivity contribution in [2.45, 2.75) is 0 Å². The van der Waals surface area contributed by atoms with E-state index in [1.807, 2.05) is 0 Å². The molecule has 7 heteroatoms. The number of carbonyl (C=O) groups is 1. The summed E-state index contributed by atoms with van der Waals surface area (Å²) in [4.78, 5) is 15.9. The Morgan fingerprint density at radius 1 is 1.69 bits per heavy atom. The molecule has 0 spiro atoms. The molecule has 0 aliphatic carbocycles. The molecule has 1 aliphatic rings. The molecule has 0 bridgehead atoms. The molecule has 1 aliphatic heterocycles. The van der Waals surface area contributed by atoms with Gasteiger partial charge in [-0.3, -0.25) is 4.90 Å². The fourth-order valence-corrected chi connectivity index (χ4v) is 1.19. The minimum Gasteiger partial charge on any atom is -0.452 e. The van der Waals surface area contributed by atoms with Crippen LogP contribution in [-0.2, 0) is 4.74 Å². The van der Waals surface area contributed by atoms with Crippen LogP contribution in [0.1, 0.15) is 0 Å². The van der Waals surface area contributed by atoms with E-state index < -0.39 is 6.09 Å². The maximum atomic E-state index is 11.1. The molecule has 0 radical (unpaired) electrons. The molecule has 5 nitrogen and oxygen atoms in total. The van der Waals surface area contributed by atoms with E-state index in [1.54, 1.807) is 0 Å². The highest BCUT2D eigenvalue weighted by molar-refractivity contribution is 6.40. The van der Waals surface area contributed by atoms with Crippen LogP contribution in [0.3, 0.4) is 0 Å². The average Bonchev–Trinajstić information content (AvgIpc) is 2.10. The molecule has 0 unspecified atom stereocenters. The quantitative estimate of drug-likeness (QED) is 0.624. The first-order valence-electron chi connectivity index (χ1n) is 3.30. The molecule has 1 amide bonds. The smallest absolute Gasteiger partial charge is 0.415 e. The zero-order chi connectivity index (χ0) is 10.0. The molecule has 0 aromatic carbocycles. The molecule has 13 heavy (non-hydrogen) atoms. The summed E-state index contributed by atoms with van der Waals surface area (Å²) in [7, 11) is 1.24. The van der Waals surface area contributed by atoms with E-state index in [-0.39, 0.29) is 22.7 Å². The van der Waals surface area contributed by atoms with Crippen molar-refractivity contribution in [3.05, 3.63) is 10.3 Å². The van der Waals surface area contributed by atoms with Crippen molar-refractivity contribution in [3.8, 4) is 0 Å². The second kappa shape index (κ2) is 3.85. The van der Waals surface area contributed by atoms with Gasteiger partial charge in [0.2, 0.25) is 0 Å². The molecule has 1 rings (SSSR count). The van der Waals surface area contributed by atoms with Gasteiger partial charge in [0.1, 0.15) is 5.84 Å². The van der Waals surface area contributed by atoms with Crippen LogP contribution < -0.4 is 5.73 Å². The molecule has 0 saturated heterocycles. The predicted molar refractivity (Wildman–Crippen MR) is 49.5 cm³/mol. The summed E-state index contributed by atoms with van der Waals surface area (Å²) in [6.45, 7) is 0.0850. The lowest BCUT2D eigenvalue weighted by Gasteiger charge is -2.22. The van der Waals surface area contributed by atoms with Crippen molar-refractivity contribution in [1.82, 2.24) is 4.90 Å². The predicted octanol–water partition coefficient (Wildman–Crippen LogP) is 1.03. The van der Waals surface area contributed by atoms with E-state index >= 15 is 0 Å². The monoisotopic (exact) mass is 223 g/mol. The number of nitrogens with two attached hydrogens (primary N) is 1. The summed E-state index contributed by atoms with van der Waals surface area (Å²) in [5.74, 6) is 0.208. The Hall–Kier alpha value is -0.940. The van der Waals surface area contributed by atoms with Gasteiger partial charge >= 0.3 is 6.09 Å². The third-order valence-corrected chi connectivity index (χ3v) is 2.11. The number of hydrogen-bond donors (Lipinski definition) is 1. The Morgan fingerprint density at radius 3 is 2.85 bits per heavy atom. The first-order valence-corrected chi connectivity index (χ1v) is 4.05. The van der Waals surface area contributed by atoms with Crippen molar-refractivity contribution in [1.29, 1.82) is 0 Å². The fourth-order valence-electron chi connectivity index (χ4n) is 0.805. The number of rotatable bonds is 0. The minimum atomic E-state index is -0.624. The molecule has 0 saturated carbocycles. The first-order chi connectivity index (χ1) is 6.06. The van der Waals surface area contributed by atoms with Crippen LogP contribution in [0, 0.1) is 0 Å². The number of hydrogen-bond acceptors (Lipinski definition) is 4. The number of aliphatic imine (C=N–C) groups is 1. The zero-order valence-electron chi connectivity index (χ0n) is 6.75. The summed E-state index contributed by atoms with van der Waals surface area (Å²) >= 11 is 11.3. The normalized spacial score (nSPS) is 17.2. The van der Waals surface area contributed by atoms with E-state index in [0.29, 0.717) is 0 Å². The van der Waals surface area contributed by atoms with Crippen LogP contribution in [0.25, 0.3) is 0 Å². The number of amides is 1. The van der Waals surface area contributed by atoms with Gasteiger partial charge in [-0.2, -0.15) is 0 Å². The van der Waals surface area contributed by atoms with Gasteiger partial charge in [0, 0.05) is 0 Å². The highest BCUT2D eigenvalue weighted by Gasteiger charge is 2.24. The van der Waals surface area contributed by atoms with Crippen LogP contribution in [-0.4, -0.2) is 30.5 Å². The molecule has 2 N–H and O–H groups in total. The standard InChI is InChI=1S/C6H7Cl2N3O2/c1-13-6(12)11-2-3(9)10-4(7)5(11)8/h2H2,1H3,(H2,9,10). The third-order valence-electron chi connectivity index (χ3n) is 1.36. The Bertz CT molecular complexity index is 300. The Balaban J connectivity index is 2.93. The maximum Gasteiger partial charge on any atom is 0.415 e. The summed E-state index contributed by atoms with van der Waals surface area (Å²) in [5, 5.41) is -0.00136. The van der Waals surface area contributed by atoms with Gasteiger partial charge in [0.25, 0.3) is 0 Å². The number of amidine groups is 1. The number of nitrogens with zero attached hydrogens (tertiary/aromatic N) is 2. The summed E-state index contributed by atoms with van der Waals surface area (Å²) < 4.78 is 4.46. The molecule has 72 valence electrons. The second-order valence-electron chi connectivity index (χ2n) is 2.24. The van der Waals surface area contributed by atoms with Gasteiger partial charge in [-0.1, -0.05) is 23.2 Å². The maximum absolute atomic E-state index is 11.1. The van der Waals surface area contributed by atoms with Crippen LogP contribution in [0.15, 0.2) is 15.3 Å². The van der Waals surface area contributed by atoms with Gasteiger partial charge in [-0.05, 0) is 0 Å². The number of carbonyl (C=O) groups excluding carboxylic acids is 1. The molecule has 0 aromatic rings. The van der Waals surface area contributed by atoms with E-state index in [2.05, 4.69) is 9.73 Å². The Labute approximate surface area is 84.7 Å². The summed E-state index contributed by atoms with van der Waals surface area (Å²) in [6, 6.07) is 0. The van der Waals surface area contributed by atoms with Crippen molar-refractivity contribution in [2.75, 3.05) is 13.7 Å². The summed E-state index contributed by atoms with van der Waals surface area (Å²) in [6.07, 6.45) is -0.624. The average molecular weight is 224 g/mol. The van der Waals surface area contributed by atoms with Crippen molar-refractivity contribution in [2.24, 2.45) is 10.7 Å². The second-order valence-corrected chi connectivity index (χ2v) is 2.96. The number of halogens is 2. The van der Waals surface area contributed by atoms with Gasteiger partial charge in [0.05, 0.1) is 13.7 Å². The Morgan fingerprint density at radius 2 is 2.31 bits per heavy atom. The number of ether oxygens (including phenoxy) is 1. The highest BCUT2D eigenvalue weighted by atomic mass is 35.5. The van der Waals surface area contributed by atoms with E-state index in [9.17, 15) is 4.79 Å². The zero-order valence-corrected chi connectivity index (χ0v) is 8.26. The van der Waals surface area contributed by atoms with Gasteiger partial charge in [-0.25, -0.2) is 9.79 Å². The van der Waals surface area contributed by atoms with Crippen LogP contribution >= 0.6 is 23.2 Å². The van der Waals surface area contributed by atoms with Gasteiger partial charge in [0.15, 0.2) is 10.3 Å². The largest absolute Gasteiger partial charge is 0.452 e. The Kier molecular flexibility index (Phi) is 3.00. The first kappa shape index (κ1) is 10.1. The lowest BCUT2D eigenvalue weighted by atomic mass is 10.5. The number of methoxy groups -OCH3 is 1. The lowest BCUT2D eigenvalue weighted by molar-refractivity contribution is 0.142. The van der Waals surface area contributed by atoms with Gasteiger partial charge < -0.3 is 10.5 Å². The van der Waals surface area contributed by atoms with Crippen LogP contribution in [0.5, 0.6) is 0 Å². The SMILES string of the molecule is COC(=O)N1CC(N)=NC(Cl)=C1Cl. The fraction of sp³-hybridized carbons (Fsp3) is 0.333. The summed E-state index contributed by atoms with van der Waals surface area (Å²) in [5.41, 5.74) is 5.39. The van der Waals surface area contributed by atoms with E-state index in [4.69, 9.17) is 28.9 Å². The van der Waals surface area contributed by atoms with Gasteiger partial charge in [-0.15, -0.1) is 0 Å². The molecule has 1 heterocycles. The molecule has 0 fully saturated rings. The molecular formula is C6H7Cl2N3O2. The minimum absolute atomic E-state index is 0.0164. The van der Waals surface area contributed by atoms with Crippen molar-refractivity contribution in [3.63, 3.8) is 0 Å².